The van der Waals surface area contributed by atoms with Crippen LogP contribution in [0.5, 0.6) is 5.75 Å². The molecule has 2 aromatic carbocycles. The minimum atomic E-state index is -1.01. The summed E-state index contributed by atoms with van der Waals surface area (Å²) in [5.41, 5.74) is 6.20. The molecule has 0 saturated heterocycles. The number of aryl methyl sites for hydroxylation is 1. The second kappa shape index (κ2) is 11.1. The molecule has 7 nitrogen and oxygen atoms in total. The van der Waals surface area contributed by atoms with E-state index in [-0.39, 0.29) is 23.2 Å². The third-order valence-electron chi connectivity index (χ3n) is 3.64. The predicted molar refractivity (Wildman–Crippen MR) is 110 cm³/mol. The zero-order valence-electron chi connectivity index (χ0n) is 16.0. The lowest BCUT2D eigenvalue weighted by Gasteiger charge is -2.15. The monoisotopic (exact) mass is 419 g/mol. The smallest absolute Gasteiger partial charge is 0.279 e. The first-order chi connectivity index (χ1) is 13.8. The lowest BCUT2D eigenvalue weighted by atomic mass is 10.2. The Morgan fingerprint density at radius 1 is 1.00 bits per heavy atom. The number of ether oxygens (including phenoxy) is 1. The van der Waals surface area contributed by atoms with Crippen LogP contribution in [0.1, 0.15) is 12.5 Å². The zero-order chi connectivity index (χ0) is 21.2. The number of nitrogens with one attached hydrogen (secondary N) is 3. The van der Waals surface area contributed by atoms with E-state index in [2.05, 4.69) is 16.2 Å². The number of amides is 3. The Morgan fingerprint density at radius 3 is 2.34 bits per heavy atom. The van der Waals surface area contributed by atoms with Crippen LogP contribution in [0, 0.1) is 12.7 Å². The molecule has 2 aromatic rings. The van der Waals surface area contributed by atoms with Crippen molar-refractivity contribution in [3.05, 3.63) is 59.9 Å². The van der Waals surface area contributed by atoms with Gasteiger partial charge in [0.15, 0.2) is 17.7 Å². The van der Waals surface area contributed by atoms with Gasteiger partial charge in [-0.25, -0.2) is 4.39 Å². The molecule has 0 saturated carbocycles. The van der Waals surface area contributed by atoms with Gasteiger partial charge in [0.1, 0.15) is 0 Å². The number of halogens is 1. The molecule has 0 bridgehead atoms. The first-order valence-electron chi connectivity index (χ1n) is 8.79. The highest BCUT2D eigenvalue weighted by molar-refractivity contribution is 8.00. The number of rotatable bonds is 8. The number of thioether (sulfide) groups is 1. The molecule has 3 amide bonds. The quantitative estimate of drug-likeness (QED) is 0.571. The number of hydrogen-bond acceptors (Lipinski definition) is 5. The summed E-state index contributed by atoms with van der Waals surface area (Å²) in [6.45, 7) is 3.38. The van der Waals surface area contributed by atoms with Gasteiger partial charge in [0.2, 0.25) is 11.8 Å². The van der Waals surface area contributed by atoms with Crippen LogP contribution < -0.4 is 20.9 Å². The van der Waals surface area contributed by atoms with Crippen molar-refractivity contribution in [3.63, 3.8) is 0 Å². The zero-order valence-corrected chi connectivity index (χ0v) is 16.8. The Bertz CT molecular complexity index is 861. The Balaban J connectivity index is 1.64. The molecule has 154 valence electrons. The predicted octanol–water partition coefficient (Wildman–Crippen LogP) is 2.42. The van der Waals surface area contributed by atoms with Crippen molar-refractivity contribution >= 4 is 35.2 Å². The lowest BCUT2D eigenvalue weighted by molar-refractivity contribution is -0.132. The van der Waals surface area contributed by atoms with Crippen LogP contribution in [-0.2, 0) is 14.4 Å². The Labute approximate surface area is 172 Å². The minimum absolute atomic E-state index is 0.0237. The number of carbonyl (C=O) groups excluding carboxylic acids is 3. The summed E-state index contributed by atoms with van der Waals surface area (Å²) in [6.07, 6.45) is -1.01. The van der Waals surface area contributed by atoms with Crippen molar-refractivity contribution in [1.82, 2.24) is 10.9 Å². The van der Waals surface area contributed by atoms with E-state index in [9.17, 15) is 18.8 Å². The molecule has 1 atom stereocenters. The minimum Gasteiger partial charge on any atom is -0.478 e. The Kier molecular flexibility index (Phi) is 8.47. The fourth-order valence-electron chi connectivity index (χ4n) is 2.12. The number of hydrogen-bond donors (Lipinski definition) is 3. The molecule has 3 N–H and O–H groups in total. The number of hydrazine groups is 1. The summed E-state index contributed by atoms with van der Waals surface area (Å²) in [5, 5.41) is 2.73. The molecule has 0 aliphatic rings. The maximum atomic E-state index is 13.5. The normalized spacial score (nSPS) is 11.3. The highest BCUT2D eigenvalue weighted by Gasteiger charge is 2.17. The van der Waals surface area contributed by atoms with E-state index < -0.39 is 23.7 Å². The van der Waals surface area contributed by atoms with Crippen molar-refractivity contribution in [1.29, 1.82) is 0 Å². The highest BCUT2D eigenvalue weighted by atomic mass is 32.2. The van der Waals surface area contributed by atoms with E-state index >= 15 is 0 Å². The Hall–Kier alpha value is -3.07. The first kappa shape index (κ1) is 22.2. The molecular formula is C20H22FN3O4S. The van der Waals surface area contributed by atoms with Crippen LogP contribution in [0.25, 0.3) is 0 Å². The summed E-state index contributed by atoms with van der Waals surface area (Å²) >= 11 is 1.10. The number of carbonyl (C=O) groups is 3. The molecule has 0 aliphatic heterocycles. The lowest BCUT2D eigenvalue weighted by Crippen LogP contribution is -2.47. The fourth-order valence-corrected chi connectivity index (χ4v) is 2.74. The molecule has 2 rings (SSSR count). The molecule has 0 unspecified atom stereocenters. The third kappa shape index (κ3) is 7.82. The van der Waals surface area contributed by atoms with Crippen molar-refractivity contribution in [2.45, 2.75) is 20.0 Å². The number of anilines is 1. The van der Waals surface area contributed by atoms with Crippen molar-refractivity contribution in [3.8, 4) is 5.75 Å². The number of para-hydroxylation sites is 1. The van der Waals surface area contributed by atoms with Gasteiger partial charge in [0.05, 0.1) is 11.5 Å². The third-order valence-corrected chi connectivity index (χ3v) is 4.57. The largest absolute Gasteiger partial charge is 0.478 e. The molecule has 9 heteroatoms. The Morgan fingerprint density at radius 2 is 1.66 bits per heavy atom. The van der Waals surface area contributed by atoms with Crippen molar-refractivity contribution in [2.75, 3.05) is 16.8 Å². The molecule has 0 fully saturated rings. The highest BCUT2D eigenvalue weighted by Crippen LogP contribution is 2.16. The van der Waals surface area contributed by atoms with Gasteiger partial charge < -0.3 is 10.1 Å². The van der Waals surface area contributed by atoms with Gasteiger partial charge in [-0.1, -0.05) is 29.8 Å². The SMILES string of the molecule is Cc1ccc(NC(=O)CSCC(=O)NNC(=O)[C@H](C)Oc2ccccc2F)cc1. The maximum Gasteiger partial charge on any atom is 0.279 e. The van der Waals surface area contributed by atoms with Gasteiger partial charge in [-0.3, -0.25) is 25.2 Å². The molecular weight excluding hydrogens is 397 g/mol. The van der Waals surface area contributed by atoms with Gasteiger partial charge >= 0.3 is 0 Å². The molecule has 0 spiro atoms. The van der Waals surface area contributed by atoms with Crippen LogP contribution in [0.15, 0.2) is 48.5 Å². The summed E-state index contributed by atoms with van der Waals surface area (Å²) in [6, 6.07) is 13.1. The van der Waals surface area contributed by atoms with Crippen LogP contribution in [0.3, 0.4) is 0 Å². The molecule has 29 heavy (non-hydrogen) atoms. The van der Waals surface area contributed by atoms with Crippen molar-refractivity contribution < 1.29 is 23.5 Å². The van der Waals surface area contributed by atoms with Gasteiger partial charge in [-0.15, -0.1) is 11.8 Å². The average Bonchev–Trinajstić information content (AvgIpc) is 2.69. The standard InChI is InChI=1S/C20H22FN3O4S/c1-13-7-9-15(10-8-13)22-18(25)11-29-12-19(26)23-24-20(27)14(2)28-17-6-4-3-5-16(17)21/h3-10,14H,11-12H2,1-2H3,(H,22,25)(H,23,26)(H,24,27)/t14-/m0/s1. The van der Waals surface area contributed by atoms with Crippen LogP contribution in [0.4, 0.5) is 10.1 Å². The summed E-state index contributed by atoms with van der Waals surface area (Å²) in [4.78, 5) is 35.6. The first-order valence-corrected chi connectivity index (χ1v) is 9.95. The van der Waals surface area contributed by atoms with E-state index in [0.29, 0.717) is 5.69 Å². The fraction of sp³-hybridized carbons (Fsp3) is 0.250. The maximum absolute atomic E-state index is 13.5. The summed E-state index contributed by atoms with van der Waals surface area (Å²) in [7, 11) is 0. The van der Waals surface area contributed by atoms with Gasteiger partial charge in [0, 0.05) is 5.69 Å². The number of benzene rings is 2. The molecule has 0 heterocycles. The van der Waals surface area contributed by atoms with E-state index in [1.165, 1.54) is 25.1 Å². The average molecular weight is 419 g/mol. The second-order valence-corrected chi connectivity index (χ2v) is 7.12. The summed E-state index contributed by atoms with van der Waals surface area (Å²) in [5.74, 6) is -1.93. The van der Waals surface area contributed by atoms with Crippen LogP contribution in [-0.4, -0.2) is 35.3 Å². The van der Waals surface area contributed by atoms with Gasteiger partial charge in [-0.2, -0.15) is 0 Å². The second-order valence-electron chi connectivity index (χ2n) is 6.13. The van der Waals surface area contributed by atoms with E-state index in [1.807, 2.05) is 19.1 Å². The van der Waals surface area contributed by atoms with E-state index in [0.717, 1.165) is 17.3 Å². The van der Waals surface area contributed by atoms with Crippen LogP contribution in [0.2, 0.25) is 0 Å². The van der Waals surface area contributed by atoms with E-state index in [4.69, 9.17) is 4.74 Å². The van der Waals surface area contributed by atoms with Crippen LogP contribution >= 0.6 is 11.8 Å². The van der Waals surface area contributed by atoms with Gasteiger partial charge in [-0.05, 0) is 38.1 Å². The summed E-state index contributed by atoms with van der Waals surface area (Å²) < 4.78 is 18.7. The van der Waals surface area contributed by atoms with Crippen molar-refractivity contribution in [2.24, 2.45) is 0 Å². The molecule has 0 aromatic heterocycles. The topological polar surface area (TPSA) is 96.5 Å². The van der Waals surface area contributed by atoms with Gasteiger partial charge in [0.25, 0.3) is 5.91 Å². The van der Waals surface area contributed by atoms with E-state index in [1.54, 1.807) is 18.2 Å². The molecule has 0 aliphatic carbocycles. The molecule has 0 radical (unpaired) electrons.